The van der Waals surface area contributed by atoms with Gasteiger partial charge in [-0.3, -0.25) is 9.69 Å². The first-order chi connectivity index (χ1) is 10.2. The number of ether oxygens (including phenoxy) is 3. The lowest BCUT2D eigenvalue weighted by molar-refractivity contribution is -0.141. The third-order valence-corrected chi connectivity index (χ3v) is 4.15. The number of methoxy groups -OCH3 is 1. The molecule has 2 aliphatic rings. The Bertz CT molecular complexity index is 533. The molecule has 2 heterocycles. The van der Waals surface area contributed by atoms with Gasteiger partial charge in [-0.05, 0) is 17.7 Å². The van der Waals surface area contributed by atoms with Gasteiger partial charge < -0.3 is 19.3 Å². The van der Waals surface area contributed by atoms with Crippen LogP contribution < -0.4 is 9.47 Å². The molecule has 1 fully saturated rings. The summed E-state index contributed by atoms with van der Waals surface area (Å²) in [6, 6.07) is 5.70. The van der Waals surface area contributed by atoms with Crippen molar-refractivity contribution in [3.8, 4) is 11.5 Å². The first kappa shape index (κ1) is 14.2. The average molecular weight is 293 g/mol. The summed E-state index contributed by atoms with van der Waals surface area (Å²) in [4.78, 5) is 13.7. The van der Waals surface area contributed by atoms with E-state index in [-0.39, 0.29) is 12.7 Å². The van der Waals surface area contributed by atoms with Crippen LogP contribution in [0.2, 0.25) is 0 Å². The summed E-state index contributed by atoms with van der Waals surface area (Å²) in [5.74, 6) is 0.237. The Labute approximate surface area is 123 Å². The zero-order valence-corrected chi connectivity index (χ0v) is 11.9. The summed E-state index contributed by atoms with van der Waals surface area (Å²) in [6.45, 7) is 2.87. The molecule has 2 atom stereocenters. The highest BCUT2D eigenvalue weighted by Crippen LogP contribution is 2.39. The Balaban J connectivity index is 1.80. The van der Waals surface area contributed by atoms with E-state index in [1.807, 2.05) is 18.2 Å². The molecule has 21 heavy (non-hydrogen) atoms. The van der Waals surface area contributed by atoms with Crippen LogP contribution in [-0.4, -0.2) is 56.1 Å². The van der Waals surface area contributed by atoms with Gasteiger partial charge in [0, 0.05) is 32.7 Å². The smallest absolute Gasteiger partial charge is 0.308 e. The molecule has 0 bridgehead atoms. The molecule has 6 nitrogen and oxygen atoms in total. The highest BCUT2D eigenvalue weighted by Gasteiger charge is 2.38. The quantitative estimate of drug-likeness (QED) is 0.878. The van der Waals surface area contributed by atoms with Gasteiger partial charge in [-0.25, -0.2) is 0 Å². The number of likely N-dealkylation sites (tertiary alicyclic amines) is 1. The Kier molecular flexibility index (Phi) is 3.98. The van der Waals surface area contributed by atoms with E-state index in [1.165, 1.54) is 0 Å². The fourth-order valence-electron chi connectivity index (χ4n) is 3.02. The molecule has 1 aromatic rings. The molecule has 0 aliphatic carbocycles. The van der Waals surface area contributed by atoms with Crippen molar-refractivity contribution in [1.82, 2.24) is 4.90 Å². The molecule has 6 heteroatoms. The van der Waals surface area contributed by atoms with E-state index in [1.54, 1.807) is 7.11 Å². The summed E-state index contributed by atoms with van der Waals surface area (Å²) in [5, 5.41) is 9.47. The van der Waals surface area contributed by atoms with Crippen LogP contribution >= 0.6 is 0 Å². The van der Waals surface area contributed by atoms with Crippen LogP contribution in [0, 0.1) is 5.92 Å². The van der Waals surface area contributed by atoms with Crippen molar-refractivity contribution in [2.45, 2.75) is 5.92 Å². The normalized spacial score (nSPS) is 24.4. The van der Waals surface area contributed by atoms with Gasteiger partial charge in [0.2, 0.25) is 6.79 Å². The fourth-order valence-corrected chi connectivity index (χ4v) is 3.02. The van der Waals surface area contributed by atoms with Crippen LogP contribution in [-0.2, 0) is 9.53 Å². The minimum atomic E-state index is -0.752. The maximum absolute atomic E-state index is 11.5. The second-order valence-electron chi connectivity index (χ2n) is 5.42. The molecule has 0 unspecified atom stereocenters. The van der Waals surface area contributed by atoms with Crippen molar-refractivity contribution < 1.29 is 24.1 Å². The Hall–Kier alpha value is -1.79. The van der Waals surface area contributed by atoms with Crippen molar-refractivity contribution in [3.05, 3.63) is 23.8 Å². The minimum absolute atomic E-state index is 0.0335. The second-order valence-corrected chi connectivity index (χ2v) is 5.42. The molecule has 2 aliphatic heterocycles. The molecule has 0 saturated carbocycles. The number of hydrogen-bond donors (Lipinski definition) is 1. The van der Waals surface area contributed by atoms with Gasteiger partial charge in [-0.15, -0.1) is 0 Å². The van der Waals surface area contributed by atoms with Gasteiger partial charge >= 0.3 is 5.97 Å². The van der Waals surface area contributed by atoms with Crippen LogP contribution in [0.5, 0.6) is 11.5 Å². The SMILES string of the molecule is COCCN1C[C@@H](C(=O)O)[C@H](c2ccc3c(c2)OCO3)C1. The molecule has 0 aromatic heterocycles. The molecular weight excluding hydrogens is 274 g/mol. The van der Waals surface area contributed by atoms with Gasteiger partial charge in [-0.2, -0.15) is 0 Å². The zero-order valence-electron chi connectivity index (χ0n) is 11.9. The van der Waals surface area contributed by atoms with Gasteiger partial charge in [0.25, 0.3) is 0 Å². The van der Waals surface area contributed by atoms with Gasteiger partial charge in [0.1, 0.15) is 0 Å². The van der Waals surface area contributed by atoms with Gasteiger partial charge in [-0.1, -0.05) is 6.07 Å². The van der Waals surface area contributed by atoms with Crippen molar-refractivity contribution in [2.24, 2.45) is 5.92 Å². The number of benzene rings is 1. The van der Waals surface area contributed by atoms with Crippen LogP contribution in [0.1, 0.15) is 11.5 Å². The summed E-state index contributed by atoms with van der Waals surface area (Å²) in [5.41, 5.74) is 0.992. The lowest BCUT2D eigenvalue weighted by Crippen LogP contribution is -2.26. The number of hydrogen-bond acceptors (Lipinski definition) is 5. The highest BCUT2D eigenvalue weighted by molar-refractivity contribution is 5.72. The molecule has 0 radical (unpaired) electrons. The molecular formula is C15H19NO5. The Morgan fingerprint density at radius 3 is 2.95 bits per heavy atom. The van der Waals surface area contributed by atoms with E-state index >= 15 is 0 Å². The number of rotatable bonds is 5. The molecule has 3 rings (SSSR count). The van der Waals surface area contributed by atoms with Crippen LogP contribution in [0.4, 0.5) is 0 Å². The molecule has 1 N–H and O–H groups in total. The summed E-state index contributed by atoms with van der Waals surface area (Å²) < 4.78 is 15.8. The van der Waals surface area contributed by atoms with Crippen LogP contribution in [0.15, 0.2) is 18.2 Å². The average Bonchev–Trinajstić information content (AvgIpc) is 3.10. The van der Waals surface area contributed by atoms with E-state index < -0.39 is 11.9 Å². The number of carboxylic acids is 1. The number of aliphatic carboxylic acids is 1. The predicted octanol–water partition coefficient (Wildman–Crippen LogP) is 1.16. The monoisotopic (exact) mass is 293 g/mol. The van der Waals surface area contributed by atoms with Crippen molar-refractivity contribution in [1.29, 1.82) is 0 Å². The van der Waals surface area contributed by atoms with Crippen molar-refractivity contribution in [3.63, 3.8) is 0 Å². The topological polar surface area (TPSA) is 68.2 Å². The van der Waals surface area contributed by atoms with E-state index in [2.05, 4.69) is 4.90 Å². The standard InChI is InChI=1S/C15H19NO5/c1-19-5-4-16-7-11(12(8-16)15(17)18)10-2-3-13-14(6-10)21-9-20-13/h2-3,6,11-12H,4-5,7-9H2,1H3,(H,17,18)/t11-,12+/m0/s1. The summed E-state index contributed by atoms with van der Waals surface area (Å²) in [7, 11) is 1.65. The summed E-state index contributed by atoms with van der Waals surface area (Å²) >= 11 is 0. The largest absolute Gasteiger partial charge is 0.481 e. The second kappa shape index (κ2) is 5.91. The van der Waals surface area contributed by atoms with E-state index in [9.17, 15) is 9.90 Å². The van der Waals surface area contributed by atoms with E-state index in [0.29, 0.717) is 18.9 Å². The molecule has 0 spiro atoms. The zero-order chi connectivity index (χ0) is 14.8. The fraction of sp³-hybridized carbons (Fsp3) is 0.533. The maximum atomic E-state index is 11.5. The molecule has 1 saturated heterocycles. The lowest BCUT2D eigenvalue weighted by atomic mass is 9.89. The number of carboxylic acid groups (broad SMARTS) is 1. The molecule has 0 amide bonds. The van der Waals surface area contributed by atoms with E-state index in [4.69, 9.17) is 14.2 Å². The number of nitrogens with zero attached hydrogens (tertiary/aromatic N) is 1. The third-order valence-electron chi connectivity index (χ3n) is 4.15. The first-order valence-electron chi connectivity index (χ1n) is 7.02. The molecule has 1 aromatic carbocycles. The Morgan fingerprint density at radius 1 is 1.38 bits per heavy atom. The minimum Gasteiger partial charge on any atom is -0.481 e. The van der Waals surface area contributed by atoms with Gasteiger partial charge in [0.05, 0.1) is 12.5 Å². The van der Waals surface area contributed by atoms with Crippen molar-refractivity contribution >= 4 is 5.97 Å². The first-order valence-corrected chi connectivity index (χ1v) is 7.02. The van der Waals surface area contributed by atoms with Crippen molar-refractivity contribution in [2.75, 3.05) is 40.1 Å². The number of carbonyl (C=O) groups is 1. The number of fused-ring (bicyclic) bond motifs is 1. The molecule has 114 valence electrons. The highest BCUT2D eigenvalue weighted by atomic mass is 16.7. The van der Waals surface area contributed by atoms with Gasteiger partial charge in [0.15, 0.2) is 11.5 Å². The maximum Gasteiger partial charge on any atom is 0.308 e. The van der Waals surface area contributed by atoms with Crippen LogP contribution in [0.25, 0.3) is 0 Å². The van der Waals surface area contributed by atoms with E-state index in [0.717, 1.165) is 24.4 Å². The lowest BCUT2D eigenvalue weighted by Gasteiger charge is -2.16. The Morgan fingerprint density at radius 2 is 2.19 bits per heavy atom. The third kappa shape index (κ3) is 2.82. The van der Waals surface area contributed by atoms with Crippen LogP contribution in [0.3, 0.4) is 0 Å². The predicted molar refractivity (Wildman–Crippen MR) is 74.7 cm³/mol. The summed E-state index contributed by atoms with van der Waals surface area (Å²) in [6.07, 6.45) is 0.